The Hall–Kier alpha value is -3.58. The highest BCUT2D eigenvalue weighted by atomic mass is 16.5. The Bertz CT molecular complexity index is 1010. The number of benzene rings is 3. The zero-order chi connectivity index (χ0) is 19.1. The molecule has 0 aromatic heterocycles. The number of hydrogen-bond acceptors (Lipinski definition) is 3. The SMILES string of the molecule is CCCOc1ccc(C=C(C#N)C(=O)Nc2cccc3ccccc23)cc1. The molecule has 1 N–H and O–H groups in total. The molecule has 0 spiro atoms. The number of fused-ring (bicyclic) bond motifs is 1. The lowest BCUT2D eigenvalue weighted by Crippen LogP contribution is -2.13. The molecule has 0 fully saturated rings. The van der Waals surface area contributed by atoms with E-state index in [0.29, 0.717) is 12.3 Å². The summed E-state index contributed by atoms with van der Waals surface area (Å²) in [6.45, 7) is 2.71. The third-order valence-electron chi connectivity index (χ3n) is 4.07. The van der Waals surface area contributed by atoms with E-state index in [0.717, 1.165) is 28.5 Å². The lowest BCUT2D eigenvalue weighted by molar-refractivity contribution is -0.112. The summed E-state index contributed by atoms with van der Waals surface area (Å²) < 4.78 is 5.54. The quantitative estimate of drug-likeness (QED) is 0.489. The van der Waals surface area contributed by atoms with E-state index in [1.165, 1.54) is 0 Å². The van der Waals surface area contributed by atoms with Crippen LogP contribution in [0.3, 0.4) is 0 Å². The van der Waals surface area contributed by atoms with Gasteiger partial charge in [-0.05, 0) is 41.6 Å². The summed E-state index contributed by atoms with van der Waals surface area (Å²) in [5.74, 6) is 0.341. The Morgan fingerprint density at radius 3 is 2.56 bits per heavy atom. The molecule has 27 heavy (non-hydrogen) atoms. The smallest absolute Gasteiger partial charge is 0.266 e. The molecule has 0 bridgehead atoms. The number of nitrogens with one attached hydrogen (secondary N) is 1. The Balaban J connectivity index is 1.79. The van der Waals surface area contributed by atoms with E-state index in [4.69, 9.17) is 4.74 Å². The highest BCUT2D eigenvalue weighted by molar-refractivity contribution is 6.12. The van der Waals surface area contributed by atoms with E-state index >= 15 is 0 Å². The van der Waals surface area contributed by atoms with Crippen molar-refractivity contribution in [3.05, 3.63) is 77.9 Å². The lowest BCUT2D eigenvalue weighted by Gasteiger charge is -2.08. The molecular weight excluding hydrogens is 336 g/mol. The minimum atomic E-state index is -0.430. The Morgan fingerprint density at radius 1 is 1.07 bits per heavy atom. The molecule has 0 unspecified atom stereocenters. The molecule has 3 aromatic rings. The summed E-state index contributed by atoms with van der Waals surface area (Å²) in [6, 6.07) is 22.8. The van der Waals surface area contributed by atoms with Gasteiger partial charge in [-0.3, -0.25) is 4.79 Å². The molecule has 0 aliphatic heterocycles. The predicted molar refractivity (Wildman–Crippen MR) is 108 cm³/mol. The summed E-state index contributed by atoms with van der Waals surface area (Å²) in [5, 5.41) is 14.2. The molecule has 4 nitrogen and oxygen atoms in total. The molecule has 0 radical (unpaired) electrons. The van der Waals surface area contributed by atoms with E-state index < -0.39 is 5.91 Å². The Kier molecular flexibility index (Phi) is 5.86. The topological polar surface area (TPSA) is 62.1 Å². The average Bonchev–Trinajstić information content (AvgIpc) is 2.71. The van der Waals surface area contributed by atoms with Gasteiger partial charge in [0, 0.05) is 11.1 Å². The van der Waals surface area contributed by atoms with Gasteiger partial charge in [0.15, 0.2) is 0 Å². The van der Waals surface area contributed by atoms with Crippen molar-refractivity contribution in [3.8, 4) is 11.8 Å². The first-order chi connectivity index (χ1) is 13.2. The number of nitriles is 1. The van der Waals surface area contributed by atoms with Crippen molar-refractivity contribution in [2.75, 3.05) is 11.9 Å². The van der Waals surface area contributed by atoms with Crippen LogP contribution in [0.25, 0.3) is 16.8 Å². The molecular formula is C23H20N2O2. The summed E-state index contributed by atoms with van der Waals surface area (Å²) in [7, 11) is 0. The molecule has 0 heterocycles. The zero-order valence-electron chi connectivity index (χ0n) is 15.1. The molecule has 0 saturated heterocycles. The predicted octanol–water partition coefficient (Wildman–Crippen LogP) is 5.17. The number of anilines is 1. The van der Waals surface area contributed by atoms with E-state index in [2.05, 4.69) is 5.32 Å². The number of hydrogen-bond donors (Lipinski definition) is 1. The fraction of sp³-hybridized carbons (Fsp3) is 0.130. The number of amides is 1. The van der Waals surface area contributed by atoms with Gasteiger partial charge >= 0.3 is 0 Å². The number of carbonyl (C=O) groups excluding carboxylic acids is 1. The molecule has 0 atom stereocenters. The van der Waals surface area contributed by atoms with Crippen LogP contribution in [-0.4, -0.2) is 12.5 Å². The minimum absolute atomic E-state index is 0.0464. The van der Waals surface area contributed by atoms with Crippen molar-refractivity contribution >= 4 is 28.4 Å². The molecule has 0 saturated carbocycles. The van der Waals surface area contributed by atoms with Crippen molar-refractivity contribution in [2.24, 2.45) is 0 Å². The number of rotatable bonds is 6. The Morgan fingerprint density at radius 2 is 1.81 bits per heavy atom. The molecule has 3 rings (SSSR count). The van der Waals surface area contributed by atoms with Crippen LogP contribution in [-0.2, 0) is 4.79 Å². The van der Waals surface area contributed by atoms with Crippen LogP contribution < -0.4 is 10.1 Å². The maximum atomic E-state index is 12.6. The van der Waals surface area contributed by atoms with Gasteiger partial charge in [-0.2, -0.15) is 5.26 Å². The summed E-state index contributed by atoms with van der Waals surface area (Å²) in [6.07, 6.45) is 2.51. The summed E-state index contributed by atoms with van der Waals surface area (Å²) in [4.78, 5) is 12.6. The van der Waals surface area contributed by atoms with Crippen molar-refractivity contribution in [3.63, 3.8) is 0 Å². The summed E-state index contributed by atoms with van der Waals surface area (Å²) in [5.41, 5.74) is 1.50. The highest BCUT2D eigenvalue weighted by Gasteiger charge is 2.11. The first-order valence-corrected chi connectivity index (χ1v) is 8.85. The lowest BCUT2D eigenvalue weighted by atomic mass is 10.1. The Labute approximate surface area is 158 Å². The molecule has 0 aliphatic carbocycles. The van der Waals surface area contributed by atoms with Gasteiger partial charge in [0.25, 0.3) is 5.91 Å². The van der Waals surface area contributed by atoms with Crippen LogP contribution in [0, 0.1) is 11.3 Å². The molecule has 4 heteroatoms. The third-order valence-corrected chi connectivity index (χ3v) is 4.07. The first kappa shape index (κ1) is 18.2. The highest BCUT2D eigenvalue weighted by Crippen LogP contribution is 2.23. The number of nitrogens with zero attached hydrogens (tertiary/aromatic N) is 1. The van der Waals surface area contributed by atoms with Crippen LogP contribution in [0.2, 0.25) is 0 Å². The standard InChI is InChI=1S/C23H20N2O2/c1-2-14-27-20-12-10-17(11-13-20)15-19(16-24)23(26)25-22-9-5-7-18-6-3-4-8-21(18)22/h3-13,15H,2,14H2,1H3,(H,25,26). The van der Waals surface area contributed by atoms with Crippen molar-refractivity contribution < 1.29 is 9.53 Å². The maximum Gasteiger partial charge on any atom is 0.266 e. The fourth-order valence-electron chi connectivity index (χ4n) is 2.72. The molecule has 3 aromatic carbocycles. The second-order valence-corrected chi connectivity index (χ2v) is 6.07. The van der Waals surface area contributed by atoms with Crippen LogP contribution in [0.5, 0.6) is 5.75 Å². The van der Waals surface area contributed by atoms with E-state index in [1.807, 2.05) is 79.7 Å². The van der Waals surface area contributed by atoms with Gasteiger partial charge in [0.1, 0.15) is 17.4 Å². The fourth-order valence-corrected chi connectivity index (χ4v) is 2.72. The van der Waals surface area contributed by atoms with Gasteiger partial charge in [-0.15, -0.1) is 0 Å². The second kappa shape index (κ2) is 8.68. The normalized spacial score (nSPS) is 11.0. The van der Waals surface area contributed by atoms with Crippen molar-refractivity contribution in [2.45, 2.75) is 13.3 Å². The largest absolute Gasteiger partial charge is 0.494 e. The third kappa shape index (κ3) is 4.53. The van der Waals surface area contributed by atoms with Gasteiger partial charge in [-0.25, -0.2) is 0 Å². The van der Waals surface area contributed by atoms with Gasteiger partial charge in [0.2, 0.25) is 0 Å². The van der Waals surface area contributed by atoms with E-state index in [9.17, 15) is 10.1 Å². The van der Waals surface area contributed by atoms with E-state index in [1.54, 1.807) is 6.08 Å². The number of ether oxygens (including phenoxy) is 1. The van der Waals surface area contributed by atoms with Crippen LogP contribution in [0.15, 0.2) is 72.3 Å². The monoisotopic (exact) mass is 356 g/mol. The van der Waals surface area contributed by atoms with Crippen LogP contribution >= 0.6 is 0 Å². The molecule has 134 valence electrons. The van der Waals surface area contributed by atoms with Crippen LogP contribution in [0.4, 0.5) is 5.69 Å². The average molecular weight is 356 g/mol. The van der Waals surface area contributed by atoms with Gasteiger partial charge < -0.3 is 10.1 Å². The zero-order valence-corrected chi connectivity index (χ0v) is 15.1. The van der Waals surface area contributed by atoms with Crippen molar-refractivity contribution in [1.82, 2.24) is 0 Å². The minimum Gasteiger partial charge on any atom is -0.494 e. The van der Waals surface area contributed by atoms with Gasteiger partial charge in [0.05, 0.1) is 6.61 Å². The maximum absolute atomic E-state index is 12.6. The first-order valence-electron chi connectivity index (χ1n) is 8.85. The molecule has 1 amide bonds. The molecule has 0 aliphatic rings. The number of carbonyl (C=O) groups is 1. The second-order valence-electron chi connectivity index (χ2n) is 6.07. The summed E-state index contributed by atoms with van der Waals surface area (Å²) >= 11 is 0. The van der Waals surface area contributed by atoms with Crippen LogP contribution in [0.1, 0.15) is 18.9 Å². The van der Waals surface area contributed by atoms with Gasteiger partial charge in [-0.1, -0.05) is 55.5 Å². The van der Waals surface area contributed by atoms with E-state index in [-0.39, 0.29) is 5.57 Å². The van der Waals surface area contributed by atoms with Crippen molar-refractivity contribution in [1.29, 1.82) is 5.26 Å².